The molecule has 1 heterocycles. The van der Waals surface area contributed by atoms with Gasteiger partial charge < -0.3 is 19.9 Å². The average molecular weight is 365 g/mol. The predicted molar refractivity (Wildman–Crippen MR) is 87.1 cm³/mol. The first kappa shape index (κ1) is 17.8. The number of methoxy groups -OCH3 is 1. The second kappa shape index (κ2) is 6.38. The lowest BCUT2D eigenvalue weighted by Gasteiger charge is -2.36. The monoisotopic (exact) mass is 365 g/mol. The third kappa shape index (κ3) is 2.99. The molecule has 2 N–H and O–H groups in total. The summed E-state index contributed by atoms with van der Waals surface area (Å²) in [6.45, 7) is 0. The molecule has 26 heavy (non-hydrogen) atoms. The molecule has 0 radical (unpaired) electrons. The Balaban J connectivity index is 2.01. The molecule has 1 aliphatic rings. The fraction of sp³-hybridized carbons (Fsp3) is 0.167. The van der Waals surface area contributed by atoms with Gasteiger partial charge >= 0.3 is 12.0 Å². The van der Waals surface area contributed by atoms with E-state index in [-0.39, 0.29) is 11.3 Å². The number of carbonyl (C=O) groups excluding carboxylic acids is 1. The molecular formula is C18H14F3NO4. The SMILES string of the molecule is COc1ccc(N/C=C2/C(=O)c3ccccc3O[C@@]2(O)C(F)(F)F)cc1. The van der Waals surface area contributed by atoms with Crippen molar-refractivity contribution in [2.75, 3.05) is 12.4 Å². The summed E-state index contributed by atoms with van der Waals surface area (Å²) < 4.78 is 50.1. The molecule has 0 saturated carbocycles. The molecule has 2 aromatic carbocycles. The number of anilines is 1. The smallest absolute Gasteiger partial charge is 0.460 e. The molecule has 5 nitrogen and oxygen atoms in total. The summed E-state index contributed by atoms with van der Waals surface area (Å²) in [5, 5.41) is 12.7. The summed E-state index contributed by atoms with van der Waals surface area (Å²) in [6.07, 6.45) is -4.42. The van der Waals surface area contributed by atoms with Crippen LogP contribution in [-0.4, -0.2) is 30.0 Å². The highest BCUT2D eigenvalue weighted by Crippen LogP contribution is 2.44. The van der Waals surface area contributed by atoms with Gasteiger partial charge in [0.25, 0.3) is 0 Å². The van der Waals surface area contributed by atoms with Crippen molar-refractivity contribution < 1.29 is 32.5 Å². The Bertz CT molecular complexity index is 861. The van der Waals surface area contributed by atoms with Gasteiger partial charge in [-0.2, -0.15) is 13.2 Å². The van der Waals surface area contributed by atoms with E-state index in [1.165, 1.54) is 31.4 Å². The highest BCUT2D eigenvalue weighted by molar-refractivity contribution is 6.12. The van der Waals surface area contributed by atoms with Gasteiger partial charge in [0.15, 0.2) is 0 Å². The topological polar surface area (TPSA) is 67.8 Å². The Hall–Kier alpha value is -3.00. The Morgan fingerprint density at radius 2 is 1.81 bits per heavy atom. The standard InChI is InChI=1S/C18H14F3NO4/c1-25-12-8-6-11(7-9-12)22-10-14-16(23)13-4-2-3-5-15(13)26-17(14,24)18(19,20)21/h2-10,22,24H,1H3/b14-10-/t17-/m1/s1. The van der Waals surface area contributed by atoms with Crippen LogP contribution >= 0.6 is 0 Å². The van der Waals surface area contributed by atoms with Gasteiger partial charge in [-0.3, -0.25) is 4.79 Å². The minimum absolute atomic E-state index is 0.0656. The average Bonchev–Trinajstić information content (AvgIpc) is 2.61. The van der Waals surface area contributed by atoms with E-state index in [0.717, 1.165) is 6.20 Å². The van der Waals surface area contributed by atoms with E-state index in [0.29, 0.717) is 11.4 Å². The molecule has 0 aliphatic carbocycles. The Kier molecular flexibility index (Phi) is 4.37. The van der Waals surface area contributed by atoms with Crippen molar-refractivity contribution in [3.63, 3.8) is 0 Å². The van der Waals surface area contributed by atoms with Crippen molar-refractivity contribution in [2.24, 2.45) is 0 Å². The molecule has 0 fully saturated rings. The van der Waals surface area contributed by atoms with Crippen molar-refractivity contribution in [1.29, 1.82) is 0 Å². The Labute approximate surface area is 146 Å². The number of ether oxygens (including phenoxy) is 2. The van der Waals surface area contributed by atoms with Gasteiger partial charge in [-0.15, -0.1) is 0 Å². The number of alkyl halides is 3. The molecule has 1 atom stereocenters. The van der Waals surface area contributed by atoms with Gasteiger partial charge in [0.1, 0.15) is 11.5 Å². The number of ketones is 1. The number of carbonyl (C=O) groups is 1. The quantitative estimate of drug-likeness (QED) is 0.815. The van der Waals surface area contributed by atoms with Crippen molar-refractivity contribution in [2.45, 2.75) is 12.0 Å². The third-order valence-corrected chi connectivity index (χ3v) is 3.86. The molecule has 3 rings (SSSR count). The van der Waals surface area contributed by atoms with Crippen LogP contribution in [0, 0.1) is 0 Å². The van der Waals surface area contributed by atoms with Gasteiger partial charge in [-0.25, -0.2) is 0 Å². The lowest BCUT2D eigenvalue weighted by Crippen LogP contribution is -2.56. The number of benzene rings is 2. The highest BCUT2D eigenvalue weighted by Gasteiger charge is 2.63. The zero-order valence-electron chi connectivity index (χ0n) is 13.5. The van der Waals surface area contributed by atoms with E-state index in [4.69, 9.17) is 9.47 Å². The van der Waals surface area contributed by atoms with Gasteiger partial charge in [-0.05, 0) is 36.4 Å². The van der Waals surface area contributed by atoms with E-state index in [9.17, 15) is 23.1 Å². The molecule has 0 bridgehead atoms. The van der Waals surface area contributed by atoms with Crippen molar-refractivity contribution in [3.8, 4) is 11.5 Å². The zero-order valence-corrected chi connectivity index (χ0v) is 13.5. The van der Waals surface area contributed by atoms with E-state index in [1.54, 1.807) is 24.3 Å². The molecule has 0 unspecified atom stereocenters. The molecule has 136 valence electrons. The number of rotatable bonds is 3. The first-order valence-electron chi connectivity index (χ1n) is 7.49. The molecule has 2 aromatic rings. The van der Waals surface area contributed by atoms with Crippen LogP contribution in [0.15, 0.2) is 60.3 Å². The molecule has 0 amide bonds. The highest BCUT2D eigenvalue weighted by atomic mass is 19.4. The molecule has 0 saturated heterocycles. The largest absolute Gasteiger partial charge is 0.497 e. The second-order valence-electron chi connectivity index (χ2n) is 5.50. The summed E-state index contributed by atoms with van der Waals surface area (Å²) in [6, 6.07) is 11.7. The van der Waals surface area contributed by atoms with Crippen molar-refractivity contribution in [1.82, 2.24) is 0 Å². The van der Waals surface area contributed by atoms with Crippen molar-refractivity contribution >= 4 is 11.5 Å². The maximum atomic E-state index is 13.5. The minimum atomic E-state index is -5.22. The fourth-order valence-electron chi connectivity index (χ4n) is 2.47. The maximum Gasteiger partial charge on any atom is 0.460 e. The minimum Gasteiger partial charge on any atom is -0.497 e. The second-order valence-corrected chi connectivity index (χ2v) is 5.50. The Morgan fingerprint density at radius 1 is 1.15 bits per heavy atom. The summed E-state index contributed by atoms with van der Waals surface area (Å²) in [7, 11) is 1.48. The van der Waals surface area contributed by atoms with E-state index >= 15 is 0 Å². The van der Waals surface area contributed by atoms with Crippen LogP contribution in [0.2, 0.25) is 0 Å². The molecule has 8 heteroatoms. The van der Waals surface area contributed by atoms with Crippen LogP contribution in [-0.2, 0) is 0 Å². The van der Waals surface area contributed by atoms with Crippen LogP contribution in [0.3, 0.4) is 0 Å². The van der Waals surface area contributed by atoms with Crippen LogP contribution < -0.4 is 14.8 Å². The number of nitrogens with one attached hydrogen (secondary N) is 1. The van der Waals surface area contributed by atoms with Gasteiger partial charge in [0, 0.05) is 11.9 Å². The molecule has 1 aliphatic heterocycles. The van der Waals surface area contributed by atoms with Gasteiger partial charge in [0.05, 0.1) is 18.2 Å². The van der Waals surface area contributed by atoms with Gasteiger partial charge in [-0.1, -0.05) is 12.1 Å². The fourth-order valence-corrected chi connectivity index (χ4v) is 2.47. The van der Waals surface area contributed by atoms with Gasteiger partial charge in [0.2, 0.25) is 5.78 Å². The van der Waals surface area contributed by atoms with Crippen LogP contribution in [0.5, 0.6) is 11.5 Å². The summed E-state index contributed by atoms with van der Waals surface area (Å²) in [5.41, 5.74) is -0.627. The van der Waals surface area contributed by atoms with Crippen LogP contribution in [0.25, 0.3) is 0 Å². The number of para-hydroxylation sites is 1. The number of fused-ring (bicyclic) bond motifs is 1. The van der Waals surface area contributed by atoms with Crippen molar-refractivity contribution in [3.05, 3.63) is 65.9 Å². The predicted octanol–water partition coefficient (Wildman–Crippen LogP) is 3.52. The summed E-state index contributed by atoms with van der Waals surface area (Å²) in [5.74, 6) is -4.51. The number of halogens is 3. The Morgan fingerprint density at radius 3 is 2.42 bits per heavy atom. The summed E-state index contributed by atoms with van der Waals surface area (Å²) in [4.78, 5) is 12.5. The lowest BCUT2D eigenvalue weighted by atomic mass is 9.92. The number of aliphatic hydroxyl groups is 1. The zero-order chi connectivity index (χ0) is 18.9. The lowest BCUT2D eigenvalue weighted by molar-refractivity contribution is -0.315. The first-order valence-corrected chi connectivity index (χ1v) is 7.49. The molecule has 0 aromatic heterocycles. The normalized spacial score (nSPS) is 21.1. The first-order chi connectivity index (χ1) is 12.3. The number of Topliss-reactive ketones (excluding diaryl/α,β-unsaturated/α-hetero) is 1. The van der Waals surface area contributed by atoms with E-state index in [1.807, 2.05) is 0 Å². The summed E-state index contributed by atoms with van der Waals surface area (Å²) >= 11 is 0. The van der Waals surface area contributed by atoms with E-state index in [2.05, 4.69) is 5.32 Å². The van der Waals surface area contributed by atoms with Crippen LogP contribution in [0.1, 0.15) is 10.4 Å². The molecule has 0 spiro atoms. The number of hydrogen-bond donors (Lipinski definition) is 2. The van der Waals surface area contributed by atoms with Crippen LogP contribution in [0.4, 0.5) is 18.9 Å². The van der Waals surface area contributed by atoms with E-state index < -0.39 is 23.3 Å². The third-order valence-electron chi connectivity index (χ3n) is 3.86. The maximum absolute atomic E-state index is 13.5. The number of hydrogen-bond acceptors (Lipinski definition) is 5. The molecular weight excluding hydrogens is 351 g/mol.